The van der Waals surface area contributed by atoms with E-state index in [1.54, 1.807) is 5.38 Å². The highest BCUT2D eigenvalue weighted by molar-refractivity contribution is 7.11. The lowest BCUT2D eigenvalue weighted by Crippen LogP contribution is -2.09. The summed E-state index contributed by atoms with van der Waals surface area (Å²) in [6, 6.07) is 0. The quantitative estimate of drug-likeness (QED) is 0.666. The summed E-state index contributed by atoms with van der Waals surface area (Å²) in [5.74, 6) is -0.115. The van der Waals surface area contributed by atoms with Gasteiger partial charge in [-0.15, -0.1) is 11.3 Å². The van der Waals surface area contributed by atoms with E-state index in [4.69, 9.17) is 0 Å². The van der Waals surface area contributed by atoms with Gasteiger partial charge in [0.05, 0.1) is 5.69 Å². The Morgan fingerprint density at radius 1 is 1.67 bits per heavy atom. The highest BCUT2D eigenvalue weighted by Crippen LogP contribution is 2.25. The van der Waals surface area contributed by atoms with Gasteiger partial charge in [-0.1, -0.05) is 0 Å². The van der Waals surface area contributed by atoms with Crippen LogP contribution in [-0.4, -0.2) is 10.8 Å². The van der Waals surface area contributed by atoms with Gasteiger partial charge in [0.2, 0.25) is 0 Å². The van der Waals surface area contributed by atoms with Crippen LogP contribution in [0, 0.1) is 0 Å². The molecule has 0 bridgehead atoms. The maximum Gasteiger partial charge on any atom is 0.188 e. The van der Waals surface area contributed by atoms with E-state index in [9.17, 15) is 9.18 Å². The highest BCUT2D eigenvalue weighted by atomic mass is 32.1. The maximum absolute atomic E-state index is 13.2. The summed E-state index contributed by atoms with van der Waals surface area (Å²) in [5, 5.41) is 1.95. The van der Waals surface area contributed by atoms with Crippen LogP contribution in [-0.2, 0) is 5.67 Å². The molecule has 0 atom stereocenters. The number of hydrogen-bond acceptors (Lipinski definition) is 3. The lowest BCUT2D eigenvalue weighted by atomic mass is 10.1. The minimum Gasteiger partial charge on any atom is -0.292 e. The van der Waals surface area contributed by atoms with Gasteiger partial charge in [0.25, 0.3) is 0 Å². The van der Waals surface area contributed by atoms with Gasteiger partial charge in [-0.3, -0.25) is 4.79 Å². The van der Waals surface area contributed by atoms with Crippen LogP contribution in [0.2, 0.25) is 0 Å². The van der Waals surface area contributed by atoms with Crippen LogP contribution < -0.4 is 0 Å². The molecule has 0 aliphatic rings. The zero-order valence-corrected chi connectivity index (χ0v) is 8.04. The Hall–Kier alpha value is -0.770. The molecule has 2 nitrogen and oxygen atoms in total. The third-order valence-corrected chi connectivity index (χ3v) is 2.36. The predicted molar refractivity (Wildman–Crippen MR) is 46.3 cm³/mol. The fourth-order valence-corrected chi connectivity index (χ4v) is 1.58. The Morgan fingerprint density at radius 3 is 2.50 bits per heavy atom. The molecule has 0 aliphatic carbocycles. The van der Waals surface area contributed by atoms with Crippen molar-refractivity contribution in [2.75, 3.05) is 0 Å². The second-order valence-electron chi connectivity index (χ2n) is 3.07. The summed E-state index contributed by atoms with van der Waals surface area (Å²) in [6.45, 7) is 4.27. The average molecular weight is 187 g/mol. The summed E-state index contributed by atoms with van der Waals surface area (Å²) in [7, 11) is 0. The van der Waals surface area contributed by atoms with Crippen LogP contribution in [0.1, 0.15) is 36.3 Å². The third-order valence-electron chi connectivity index (χ3n) is 1.41. The smallest absolute Gasteiger partial charge is 0.188 e. The van der Waals surface area contributed by atoms with Gasteiger partial charge in [0.1, 0.15) is 5.67 Å². The summed E-state index contributed by atoms with van der Waals surface area (Å²) in [4.78, 5) is 14.7. The maximum atomic E-state index is 13.2. The zero-order chi connectivity index (χ0) is 9.35. The Morgan fingerprint density at radius 2 is 2.25 bits per heavy atom. The number of nitrogens with zero attached hydrogens (tertiary/aromatic N) is 1. The summed E-state index contributed by atoms with van der Waals surface area (Å²) in [6.07, 6.45) is 0. The van der Waals surface area contributed by atoms with E-state index in [0.717, 1.165) is 0 Å². The molecular weight excluding hydrogens is 177 g/mol. The molecule has 0 N–H and O–H groups in total. The van der Waals surface area contributed by atoms with E-state index in [1.165, 1.54) is 32.1 Å². The number of ketones is 1. The monoisotopic (exact) mass is 187 g/mol. The van der Waals surface area contributed by atoms with Crippen molar-refractivity contribution in [3.05, 3.63) is 16.1 Å². The first kappa shape index (κ1) is 9.32. The van der Waals surface area contributed by atoms with E-state index < -0.39 is 5.67 Å². The van der Waals surface area contributed by atoms with Crippen molar-refractivity contribution in [1.82, 2.24) is 4.98 Å². The fourth-order valence-electron chi connectivity index (χ4n) is 0.708. The Labute approximate surface area is 74.4 Å². The Bertz CT molecular complexity index is 300. The molecule has 4 heteroatoms. The van der Waals surface area contributed by atoms with Crippen LogP contribution in [0.15, 0.2) is 5.38 Å². The van der Waals surface area contributed by atoms with Gasteiger partial charge in [-0.05, 0) is 13.8 Å². The number of rotatable bonds is 2. The molecule has 0 radical (unpaired) electrons. The summed E-state index contributed by atoms with van der Waals surface area (Å²) < 4.78 is 13.2. The van der Waals surface area contributed by atoms with Crippen molar-refractivity contribution in [2.24, 2.45) is 0 Å². The zero-order valence-electron chi connectivity index (χ0n) is 7.22. The topological polar surface area (TPSA) is 30.0 Å². The second-order valence-corrected chi connectivity index (χ2v) is 3.92. The molecule has 1 aromatic rings. The van der Waals surface area contributed by atoms with Crippen molar-refractivity contribution in [3.63, 3.8) is 0 Å². The molecule has 12 heavy (non-hydrogen) atoms. The Balaban J connectivity index is 3.00. The second kappa shape index (κ2) is 2.94. The van der Waals surface area contributed by atoms with Gasteiger partial charge in [0.15, 0.2) is 10.8 Å². The van der Waals surface area contributed by atoms with Crippen molar-refractivity contribution < 1.29 is 9.18 Å². The number of aromatic nitrogens is 1. The van der Waals surface area contributed by atoms with Crippen LogP contribution in [0.4, 0.5) is 4.39 Å². The van der Waals surface area contributed by atoms with Gasteiger partial charge in [0, 0.05) is 12.3 Å². The van der Waals surface area contributed by atoms with Crippen molar-refractivity contribution in [1.29, 1.82) is 0 Å². The summed E-state index contributed by atoms with van der Waals surface area (Å²) >= 11 is 1.18. The fraction of sp³-hybridized carbons (Fsp3) is 0.500. The first-order valence-corrected chi connectivity index (χ1v) is 4.45. The number of Topliss-reactive ketones (excluding diaryl/α,β-unsaturated/α-hetero) is 1. The average Bonchev–Trinajstić information content (AvgIpc) is 2.30. The molecule has 0 saturated heterocycles. The van der Waals surface area contributed by atoms with E-state index in [1.807, 2.05) is 0 Å². The first-order valence-electron chi connectivity index (χ1n) is 3.57. The van der Waals surface area contributed by atoms with Gasteiger partial charge in [-0.2, -0.15) is 0 Å². The molecule has 0 aliphatic heterocycles. The molecule has 1 aromatic heterocycles. The van der Waals surface area contributed by atoms with Crippen LogP contribution >= 0.6 is 11.3 Å². The Kier molecular flexibility index (Phi) is 2.28. The third kappa shape index (κ3) is 1.88. The normalized spacial score (nSPS) is 11.7. The summed E-state index contributed by atoms with van der Waals surface area (Å²) in [5.41, 5.74) is -1.12. The molecule has 1 heterocycles. The number of carbonyl (C=O) groups is 1. The van der Waals surface area contributed by atoms with E-state index >= 15 is 0 Å². The number of carbonyl (C=O) groups excluding carboxylic acids is 1. The van der Waals surface area contributed by atoms with Crippen LogP contribution in [0.25, 0.3) is 0 Å². The van der Waals surface area contributed by atoms with Crippen molar-refractivity contribution in [2.45, 2.75) is 26.4 Å². The lowest BCUT2D eigenvalue weighted by molar-refractivity contribution is 0.101. The minimum absolute atomic E-state index is 0.115. The van der Waals surface area contributed by atoms with Crippen LogP contribution in [0.3, 0.4) is 0 Å². The van der Waals surface area contributed by atoms with Crippen molar-refractivity contribution in [3.8, 4) is 0 Å². The SMILES string of the molecule is CC(=O)c1nc(C(C)(C)F)cs1. The van der Waals surface area contributed by atoms with Crippen molar-refractivity contribution >= 4 is 17.1 Å². The standard InChI is InChI=1S/C8H10FNOS/c1-5(11)7-10-6(4-12-7)8(2,3)9/h4H,1-3H3. The molecule has 66 valence electrons. The number of thiazole rings is 1. The lowest BCUT2D eigenvalue weighted by Gasteiger charge is -2.08. The molecule has 0 saturated carbocycles. The number of halogens is 1. The number of alkyl halides is 1. The predicted octanol–water partition coefficient (Wildman–Crippen LogP) is 2.55. The largest absolute Gasteiger partial charge is 0.292 e. The molecule has 1 rings (SSSR count). The van der Waals surface area contributed by atoms with Gasteiger partial charge in [-0.25, -0.2) is 9.37 Å². The van der Waals surface area contributed by atoms with E-state index in [2.05, 4.69) is 4.98 Å². The van der Waals surface area contributed by atoms with Gasteiger partial charge >= 0.3 is 0 Å². The molecule has 0 spiro atoms. The number of hydrogen-bond donors (Lipinski definition) is 0. The van der Waals surface area contributed by atoms with Crippen LogP contribution in [0.5, 0.6) is 0 Å². The molecular formula is C8H10FNOS. The first-order chi connectivity index (χ1) is 5.41. The van der Waals surface area contributed by atoms with Gasteiger partial charge < -0.3 is 0 Å². The molecule has 0 amide bonds. The highest BCUT2D eigenvalue weighted by Gasteiger charge is 2.22. The molecule has 0 unspecified atom stereocenters. The molecule has 0 fully saturated rings. The molecule has 0 aromatic carbocycles. The van der Waals surface area contributed by atoms with E-state index in [0.29, 0.717) is 10.7 Å². The van der Waals surface area contributed by atoms with E-state index in [-0.39, 0.29) is 5.78 Å². The minimum atomic E-state index is -1.45.